The van der Waals surface area contributed by atoms with Crippen LogP contribution in [-0.2, 0) is 0 Å². The zero-order valence-corrected chi connectivity index (χ0v) is 11.2. The van der Waals surface area contributed by atoms with Gasteiger partial charge in [0, 0.05) is 11.1 Å². The van der Waals surface area contributed by atoms with Gasteiger partial charge in [-0.25, -0.2) is 9.37 Å². The largest absolute Gasteiger partial charge is 0.389 e. The highest BCUT2D eigenvalue weighted by atomic mass is 35.5. The molecule has 0 amide bonds. The van der Waals surface area contributed by atoms with Gasteiger partial charge in [0.2, 0.25) is 0 Å². The lowest BCUT2D eigenvalue weighted by Crippen LogP contribution is -1.93. The highest BCUT2D eigenvalue weighted by Gasteiger charge is 2.08. The van der Waals surface area contributed by atoms with Crippen molar-refractivity contribution in [1.29, 1.82) is 0 Å². The first kappa shape index (κ1) is 13.3. The Morgan fingerprint density at radius 2 is 2.11 bits per heavy atom. The summed E-state index contributed by atoms with van der Waals surface area (Å²) in [7, 11) is 0. The second kappa shape index (κ2) is 5.69. The summed E-state index contributed by atoms with van der Waals surface area (Å²) < 4.78 is 13.8. The summed E-state index contributed by atoms with van der Waals surface area (Å²) in [5.41, 5.74) is 0.556. The van der Waals surface area contributed by atoms with Gasteiger partial charge in [0.25, 0.3) is 0 Å². The van der Waals surface area contributed by atoms with Crippen LogP contribution in [0, 0.1) is 5.82 Å². The number of aromatic nitrogens is 1. The minimum atomic E-state index is -0.674. The molecule has 94 valence electrons. The van der Waals surface area contributed by atoms with Crippen molar-refractivity contribution < 1.29 is 9.50 Å². The second-order valence-corrected chi connectivity index (χ2v) is 5.28. The molecule has 1 N–H and O–H groups in total. The molecule has 0 aliphatic rings. The molecule has 0 spiro atoms. The zero-order valence-electron chi connectivity index (χ0n) is 9.60. The summed E-state index contributed by atoms with van der Waals surface area (Å²) in [5.74, 6) is -0.366. The molecule has 2 nitrogen and oxygen atoms in total. The number of aliphatic hydroxyl groups excluding tert-OH is 1. The Labute approximate surface area is 114 Å². The third-order valence-corrected chi connectivity index (χ3v) is 3.58. The Morgan fingerprint density at radius 1 is 1.33 bits per heavy atom. The van der Waals surface area contributed by atoms with E-state index < -0.39 is 6.10 Å². The average Bonchev–Trinajstić information content (AvgIpc) is 2.34. The molecule has 0 saturated carbocycles. The Balaban J connectivity index is 2.22. The fourth-order valence-electron chi connectivity index (χ4n) is 1.40. The summed E-state index contributed by atoms with van der Waals surface area (Å²) in [4.78, 5) is 4.55. The van der Waals surface area contributed by atoms with Crippen molar-refractivity contribution in [2.75, 3.05) is 0 Å². The normalized spacial score (nSPS) is 12.4. The molecule has 0 radical (unpaired) electrons. The first-order chi connectivity index (χ1) is 8.56. The molecule has 1 aromatic heterocycles. The molecule has 18 heavy (non-hydrogen) atoms. The van der Waals surface area contributed by atoms with Gasteiger partial charge < -0.3 is 5.11 Å². The van der Waals surface area contributed by atoms with Crippen molar-refractivity contribution in [3.05, 3.63) is 52.9 Å². The van der Waals surface area contributed by atoms with E-state index in [2.05, 4.69) is 4.98 Å². The van der Waals surface area contributed by atoms with E-state index in [9.17, 15) is 9.50 Å². The summed E-state index contributed by atoms with van der Waals surface area (Å²) in [6.45, 7) is 1.60. The van der Waals surface area contributed by atoms with Gasteiger partial charge >= 0.3 is 0 Å². The maximum atomic E-state index is 13.8. The van der Waals surface area contributed by atoms with Crippen LogP contribution in [-0.4, -0.2) is 10.1 Å². The van der Waals surface area contributed by atoms with Crippen LogP contribution in [0.25, 0.3) is 0 Å². The molecule has 0 saturated heterocycles. The Morgan fingerprint density at radius 3 is 2.67 bits per heavy atom. The van der Waals surface area contributed by atoms with Gasteiger partial charge in [-0.1, -0.05) is 29.4 Å². The molecule has 1 heterocycles. The number of rotatable bonds is 3. The monoisotopic (exact) mass is 283 g/mol. The van der Waals surface area contributed by atoms with Crippen LogP contribution in [0.5, 0.6) is 0 Å². The van der Waals surface area contributed by atoms with E-state index in [1.54, 1.807) is 31.2 Å². The molecule has 5 heteroatoms. The highest BCUT2D eigenvalue weighted by Crippen LogP contribution is 2.30. The van der Waals surface area contributed by atoms with Gasteiger partial charge in [-0.05, 0) is 36.8 Å². The smallest absolute Gasteiger partial charge is 0.137 e. The predicted molar refractivity (Wildman–Crippen MR) is 70.4 cm³/mol. The van der Waals surface area contributed by atoms with Crippen LogP contribution in [0.2, 0.25) is 5.02 Å². The predicted octanol–water partition coefficient (Wildman–Crippen LogP) is 4.08. The molecule has 0 aliphatic carbocycles. The third kappa shape index (κ3) is 3.22. The summed E-state index contributed by atoms with van der Waals surface area (Å²) in [6, 6.07) is 8.11. The fraction of sp³-hybridized carbons (Fsp3) is 0.154. The Kier molecular flexibility index (Phi) is 4.22. The molecule has 2 rings (SSSR count). The van der Waals surface area contributed by atoms with Crippen molar-refractivity contribution in [3.8, 4) is 0 Å². The second-order valence-electron chi connectivity index (χ2n) is 3.78. The van der Waals surface area contributed by atoms with E-state index in [0.29, 0.717) is 20.5 Å². The van der Waals surface area contributed by atoms with Crippen LogP contribution < -0.4 is 0 Å². The topological polar surface area (TPSA) is 33.1 Å². The van der Waals surface area contributed by atoms with Gasteiger partial charge in [0.15, 0.2) is 0 Å². The molecule has 0 unspecified atom stereocenters. The van der Waals surface area contributed by atoms with Crippen molar-refractivity contribution >= 4 is 23.4 Å². The Bertz CT molecular complexity index is 545. The van der Waals surface area contributed by atoms with E-state index in [-0.39, 0.29) is 5.82 Å². The zero-order chi connectivity index (χ0) is 13.1. The molecular formula is C13H11ClFNOS. The van der Waals surface area contributed by atoms with Crippen molar-refractivity contribution in [2.24, 2.45) is 0 Å². The standard InChI is InChI=1S/C13H11ClFNOS/c1-8(17)9-2-4-12(11(15)6-9)18-13-5-3-10(14)7-16-13/h2-8,17H,1H3/t8-/m0/s1. The number of hydrogen-bond acceptors (Lipinski definition) is 3. The highest BCUT2D eigenvalue weighted by molar-refractivity contribution is 7.99. The molecule has 0 bridgehead atoms. The number of benzene rings is 1. The quantitative estimate of drug-likeness (QED) is 0.921. The van der Waals surface area contributed by atoms with Crippen molar-refractivity contribution in [1.82, 2.24) is 4.98 Å². The van der Waals surface area contributed by atoms with Crippen LogP contribution in [0.1, 0.15) is 18.6 Å². The van der Waals surface area contributed by atoms with Crippen LogP contribution >= 0.6 is 23.4 Å². The van der Waals surface area contributed by atoms with E-state index in [1.165, 1.54) is 24.0 Å². The Hall–Kier alpha value is -1.10. The molecule has 1 atom stereocenters. The van der Waals surface area contributed by atoms with E-state index >= 15 is 0 Å². The minimum Gasteiger partial charge on any atom is -0.389 e. The fourth-order valence-corrected chi connectivity index (χ4v) is 2.27. The lowest BCUT2D eigenvalue weighted by molar-refractivity contribution is 0.198. The average molecular weight is 284 g/mol. The number of hydrogen-bond donors (Lipinski definition) is 1. The van der Waals surface area contributed by atoms with Gasteiger partial charge in [0.1, 0.15) is 10.8 Å². The van der Waals surface area contributed by atoms with Gasteiger partial charge in [-0.3, -0.25) is 0 Å². The molecule has 1 aromatic carbocycles. The first-order valence-electron chi connectivity index (χ1n) is 5.33. The number of aliphatic hydroxyl groups is 1. The van der Waals surface area contributed by atoms with E-state index in [0.717, 1.165) is 0 Å². The van der Waals surface area contributed by atoms with Crippen LogP contribution in [0.3, 0.4) is 0 Å². The maximum absolute atomic E-state index is 13.8. The molecule has 0 fully saturated rings. The summed E-state index contributed by atoms with van der Waals surface area (Å²) in [6.07, 6.45) is 0.846. The third-order valence-electron chi connectivity index (χ3n) is 2.35. The molecular weight excluding hydrogens is 273 g/mol. The van der Waals surface area contributed by atoms with Crippen molar-refractivity contribution in [2.45, 2.75) is 22.9 Å². The summed E-state index contributed by atoms with van der Waals surface area (Å²) >= 11 is 6.94. The first-order valence-corrected chi connectivity index (χ1v) is 6.52. The van der Waals surface area contributed by atoms with Crippen LogP contribution in [0.4, 0.5) is 4.39 Å². The maximum Gasteiger partial charge on any atom is 0.137 e. The lowest BCUT2D eigenvalue weighted by atomic mass is 10.1. The van der Waals surface area contributed by atoms with Gasteiger partial charge in [0.05, 0.1) is 11.1 Å². The van der Waals surface area contributed by atoms with Crippen molar-refractivity contribution in [3.63, 3.8) is 0 Å². The van der Waals surface area contributed by atoms with Gasteiger partial charge in [-0.2, -0.15) is 0 Å². The number of nitrogens with zero attached hydrogens (tertiary/aromatic N) is 1. The lowest BCUT2D eigenvalue weighted by Gasteiger charge is -2.07. The SMILES string of the molecule is C[C@H](O)c1ccc(Sc2ccc(Cl)cn2)c(F)c1. The number of pyridine rings is 1. The molecule has 0 aliphatic heterocycles. The minimum absolute atomic E-state index is 0.366. The van der Waals surface area contributed by atoms with E-state index in [1.807, 2.05) is 0 Å². The van der Waals surface area contributed by atoms with Crippen LogP contribution in [0.15, 0.2) is 46.5 Å². The van der Waals surface area contributed by atoms with E-state index in [4.69, 9.17) is 11.6 Å². The summed E-state index contributed by atoms with van der Waals surface area (Å²) in [5, 5.41) is 10.6. The van der Waals surface area contributed by atoms with Gasteiger partial charge in [-0.15, -0.1) is 0 Å². The molecule has 2 aromatic rings. The number of halogens is 2.